The van der Waals surface area contributed by atoms with Crippen molar-refractivity contribution in [3.05, 3.63) is 0 Å². The zero-order chi connectivity index (χ0) is 43.2. The minimum absolute atomic E-state index is 0.0327. The van der Waals surface area contributed by atoms with E-state index in [4.69, 9.17) is 49.6 Å². The standard InChI is InChI=1S/C40H73ClN2O14/c1-14-28-40(10,49)33(45)23(4)30(42-52-20-51-16-15-41)21(2)18-38(8,48)35(57-37-31(44)27(43(11)12)17-22(3)53-37)24(5)32(25(6)36(47)55-28)56-29-19-39(9,50-13)34(46)26(7)54-29/h21-29,31-35,37,44-46,48-49H,14-20H2,1-13H3/b42-30+/t21-,22-,23+,24+,25-,26-,27+,28-,29+,31-,32+,33-,34+,35-,37+,38-,39-,40-/m1/s1. The molecule has 334 valence electrons. The summed E-state index contributed by atoms with van der Waals surface area (Å²) >= 11 is 5.75. The Bertz CT molecular complexity index is 1290. The highest BCUT2D eigenvalue weighted by Crippen LogP contribution is 2.41. The summed E-state index contributed by atoms with van der Waals surface area (Å²) in [5.74, 6) is -3.90. The van der Waals surface area contributed by atoms with Crippen LogP contribution in [0.1, 0.15) is 94.9 Å². The van der Waals surface area contributed by atoms with Crippen molar-refractivity contribution in [2.75, 3.05) is 40.5 Å². The molecule has 0 aromatic heterocycles. The fourth-order valence-corrected chi connectivity index (χ4v) is 8.95. The van der Waals surface area contributed by atoms with E-state index in [1.165, 1.54) is 14.0 Å². The first-order chi connectivity index (χ1) is 26.5. The molecule has 0 spiro atoms. The number of hydrogen-bond acceptors (Lipinski definition) is 16. The molecule has 0 aliphatic carbocycles. The van der Waals surface area contributed by atoms with Gasteiger partial charge in [0.1, 0.15) is 23.9 Å². The maximum absolute atomic E-state index is 14.3. The first-order valence-electron chi connectivity index (χ1n) is 20.3. The van der Waals surface area contributed by atoms with Crippen molar-refractivity contribution < 1.29 is 68.3 Å². The fourth-order valence-electron chi connectivity index (χ4n) is 8.85. The number of cyclic esters (lactones) is 1. The third-order valence-corrected chi connectivity index (χ3v) is 12.5. The first-order valence-corrected chi connectivity index (χ1v) is 20.9. The van der Waals surface area contributed by atoms with Gasteiger partial charge in [0.05, 0.1) is 60.0 Å². The average Bonchev–Trinajstić information content (AvgIpc) is 3.14. The second kappa shape index (κ2) is 21.0. The van der Waals surface area contributed by atoms with Gasteiger partial charge in [0.15, 0.2) is 12.6 Å². The van der Waals surface area contributed by atoms with Crippen LogP contribution in [0.15, 0.2) is 5.16 Å². The molecule has 0 saturated carbocycles. The van der Waals surface area contributed by atoms with E-state index < -0.39 is 102 Å². The van der Waals surface area contributed by atoms with Gasteiger partial charge < -0.3 is 68.4 Å². The van der Waals surface area contributed by atoms with Gasteiger partial charge in [-0.3, -0.25) is 4.79 Å². The van der Waals surface area contributed by atoms with Crippen LogP contribution in [0.3, 0.4) is 0 Å². The Hall–Kier alpha value is -1.25. The van der Waals surface area contributed by atoms with Crippen LogP contribution in [0.4, 0.5) is 0 Å². The van der Waals surface area contributed by atoms with Crippen molar-refractivity contribution in [1.82, 2.24) is 4.90 Å². The van der Waals surface area contributed by atoms with Crippen LogP contribution in [0, 0.1) is 23.7 Å². The lowest BCUT2D eigenvalue weighted by atomic mass is 9.73. The highest BCUT2D eigenvalue weighted by atomic mass is 35.5. The molecule has 0 bridgehead atoms. The number of halogens is 1. The lowest BCUT2D eigenvalue weighted by Crippen LogP contribution is -2.61. The molecule has 0 radical (unpaired) electrons. The van der Waals surface area contributed by atoms with Gasteiger partial charge in [-0.1, -0.05) is 32.9 Å². The number of aliphatic hydroxyl groups excluding tert-OH is 3. The number of nitrogens with zero attached hydrogens (tertiary/aromatic N) is 2. The van der Waals surface area contributed by atoms with Gasteiger partial charge in [0.2, 0.25) is 6.79 Å². The van der Waals surface area contributed by atoms with E-state index in [1.807, 2.05) is 25.9 Å². The summed E-state index contributed by atoms with van der Waals surface area (Å²) in [7, 11) is 5.21. The van der Waals surface area contributed by atoms with Gasteiger partial charge in [0, 0.05) is 43.2 Å². The maximum atomic E-state index is 14.3. The number of ether oxygens (including phenoxy) is 7. The number of carbonyl (C=O) groups is 1. The number of carbonyl (C=O) groups excluding carboxylic acids is 1. The van der Waals surface area contributed by atoms with E-state index in [2.05, 4.69) is 5.16 Å². The molecule has 3 saturated heterocycles. The molecule has 18 atom stereocenters. The van der Waals surface area contributed by atoms with Gasteiger partial charge in [-0.2, -0.15) is 0 Å². The predicted octanol–water partition coefficient (Wildman–Crippen LogP) is 2.80. The lowest BCUT2D eigenvalue weighted by Gasteiger charge is -2.49. The van der Waals surface area contributed by atoms with Crippen molar-refractivity contribution >= 4 is 23.3 Å². The molecule has 3 fully saturated rings. The molecule has 0 amide bonds. The Morgan fingerprint density at radius 3 is 2.18 bits per heavy atom. The Morgan fingerprint density at radius 2 is 1.60 bits per heavy atom. The molecule has 0 aromatic rings. The molecule has 5 N–H and O–H groups in total. The number of alkyl halides is 1. The number of esters is 1. The highest BCUT2D eigenvalue weighted by molar-refractivity contribution is 6.17. The van der Waals surface area contributed by atoms with Gasteiger partial charge in [-0.15, -0.1) is 11.6 Å². The molecule has 3 aliphatic heterocycles. The maximum Gasteiger partial charge on any atom is 0.311 e. The van der Waals surface area contributed by atoms with Crippen molar-refractivity contribution in [1.29, 1.82) is 0 Å². The summed E-state index contributed by atoms with van der Waals surface area (Å²) in [4.78, 5) is 21.7. The molecular formula is C40H73ClN2O14. The normalized spacial score (nSPS) is 46.4. The highest BCUT2D eigenvalue weighted by Gasteiger charge is 2.53. The van der Waals surface area contributed by atoms with Crippen molar-refractivity contribution in [3.63, 3.8) is 0 Å². The summed E-state index contributed by atoms with van der Waals surface area (Å²) < 4.78 is 43.0. The van der Waals surface area contributed by atoms with E-state index >= 15 is 0 Å². The average molecular weight is 841 g/mol. The largest absolute Gasteiger partial charge is 0.459 e. The van der Waals surface area contributed by atoms with E-state index in [9.17, 15) is 30.3 Å². The lowest BCUT2D eigenvalue weighted by molar-refractivity contribution is -0.317. The topological polar surface area (TPSA) is 208 Å². The van der Waals surface area contributed by atoms with Crippen molar-refractivity contribution in [2.45, 2.75) is 179 Å². The van der Waals surface area contributed by atoms with Crippen LogP contribution in [-0.4, -0.2) is 167 Å². The van der Waals surface area contributed by atoms with E-state index in [0.717, 1.165) is 0 Å². The number of aliphatic hydroxyl groups is 5. The summed E-state index contributed by atoms with van der Waals surface area (Å²) in [6.45, 7) is 16.9. The molecule has 0 aromatic carbocycles. The molecule has 3 rings (SSSR count). The van der Waals surface area contributed by atoms with Gasteiger partial charge in [0.25, 0.3) is 0 Å². The van der Waals surface area contributed by atoms with E-state index in [0.29, 0.717) is 12.1 Å². The predicted molar refractivity (Wildman–Crippen MR) is 211 cm³/mol. The van der Waals surface area contributed by atoms with Gasteiger partial charge in [-0.25, -0.2) is 0 Å². The number of oxime groups is 1. The molecular weight excluding hydrogens is 768 g/mol. The molecule has 0 unspecified atom stereocenters. The van der Waals surface area contributed by atoms with Crippen LogP contribution < -0.4 is 0 Å². The quantitative estimate of drug-likeness (QED) is 0.0630. The first kappa shape index (κ1) is 50.1. The third-order valence-electron chi connectivity index (χ3n) is 12.4. The summed E-state index contributed by atoms with van der Waals surface area (Å²) in [6.07, 6.45) is -9.50. The van der Waals surface area contributed by atoms with Crippen molar-refractivity contribution in [2.24, 2.45) is 28.8 Å². The molecule has 16 nitrogen and oxygen atoms in total. The van der Waals surface area contributed by atoms with Crippen LogP contribution in [0.25, 0.3) is 0 Å². The Balaban J connectivity index is 2.23. The Labute approximate surface area is 344 Å². The van der Waals surface area contributed by atoms with Crippen LogP contribution >= 0.6 is 11.6 Å². The number of likely N-dealkylation sites (N-methyl/N-ethyl adjacent to an activating group) is 1. The molecule has 57 heavy (non-hydrogen) atoms. The minimum Gasteiger partial charge on any atom is -0.459 e. The minimum atomic E-state index is -1.97. The van der Waals surface area contributed by atoms with Crippen LogP contribution in [0.5, 0.6) is 0 Å². The van der Waals surface area contributed by atoms with E-state index in [1.54, 1.807) is 55.4 Å². The second-order valence-electron chi connectivity index (χ2n) is 17.4. The molecule has 17 heteroatoms. The number of hydrogen-bond donors (Lipinski definition) is 5. The summed E-state index contributed by atoms with van der Waals surface area (Å²) in [6, 6.07) is -0.328. The second-order valence-corrected chi connectivity index (χ2v) is 17.8. The fraction of sp³-hybridized carbons (Fsp3) is 0.950. The van der Waals surface area contributed by atoms with Crippen LogP contribution in [-0.2, 0) is 42.8 Å². The van der Waals surface area contributed by atoms with E-state index in [-0.39, 0.29) is 50.7 Å². The van der Waals surface area contributed by atoms with Gasteiger partial charge >= 0.3 is 5.97 Å². The van der Waals surface area contributed by atoms with Crippen molar-refractivity contribution in [3.8, 4) is 0 Å². The summed E-state index contributed by atoms with van der Waals surface area (Å²) in [5.41, 5.74) is -4.50. The Morgan fingerprint density at radius 1 is 0.947 bits per heavy atom. The monoisotopic (exact) mass is 840 g/mol. The smallest absolute Gasteiger partial charge is 0.311 e. The number of methoxy groups -OCH3 is 1. The molecule has 3 aliphatic rings. The zero-order valence-corrected chi connectivity index (χ0v) is 37.0. The van der Waals surface area contributed by atoms with Gasteiger partial charge in [-0.05, 0) is 74.9 Å². The molecule has 3 heterocycles. The van der Waals surface area contributed by atoms with Crippen LogP contribution in [0.2, 0.25) is 0 Å². The third kappa shape index (κ3) is 12.0. The zero-order valence-electron chi connectivity index (χ0n) is 36.3. The number of rotatable bonds is 12. The SMILES string of the molecule is CC[C@H]1OC(=O)[C@H](C)[C@@H](O[C@H]2C[C@@](C)(OC)[C@@H](O)[C@@H](C)O2)[C@H](C)[C@@H](O[C@@H]2O[C@H](C)C[C@H](N(C)C)[C@H]2O)[C@](C)(O)C[C@@H](C)/C(=N\OCOCCCl)[C@H](C)[C@@H](O)[C@]1(C)O. The summed E-state index contributed by atoms with van der Waals surface area (Å²) in [5, 5.41) is 63.4. The Kier molecular flexibility index (Phi) is 18.5.